The van der Waals surface area contributed by atoms with Crippen molar-refractivity contribution in [2.75, 3.05) is 0 Å². The molecule has 2 aromatic rings. The molecule has 7 heteroatoms. The first kappa shape index (κ1) is 18.2. The third-order valence-corrected chi connectivity index (χ3v) is 3.92. The van der Waals surface area contributed by atoms with E-state index in [1.165, 1.54) is 38.2 Å². The third kappa shape index (κ3) is 3.38. The Kier molecular flexibility index (Phi) is 5.22. The summed E-state index contributed by atoms with van der Waals surface area (Å²) in [6.07, 6.45) is -0.682. The lowest BCUT2D eigenvalue weighted by molar-refractivity contribution is 0.0781. The van der Waals surface area contributed by atoms with Crippen LogP contribution in [0.3, 0.4) is 0 Å². The van der Waals surface area contributed by atoms with Gasteiger partial charge in [-0.25, -0.2) is 4.39 Å². The number of rotatable bonds is 5. The maximum atomic E-state index is 13.0. The van der Waals surface area contributed by atoms with E-state index in [-0.39, 0.29) is 23.1 Å². The van der Waals surface area contributed by atoms with Gasteiger partial charge >= 0.3 is 0 Å². The van der Waals surface area contributed by atoms with E-state index in [4.69, 9.17) is 10.00 Å². The van der Waals surface area contributed by atoms with E-state index in [2.05, 4.69) is 0 Å². The van der Waals surface area contributed by atoms with E-state index in [0.29, 0.717) is 5.75 Å². The molecule has 1 unspecified atom stereocenters. The zero-order chi connectivity index (χ0) is 18.7. The fraction of sp³-hybridized carbons (Fsp3) is 0.278. The highest BCUT2D eigenvalue weighted by Crippen LogP contribution is 2.25. The Hall–Kier alpha value is -3.14. The van der Waals surface area contributed by atoms with Crippen LogP contribution >= 0.6 is 0 Å². The lowest BCUT2D eigenvalue weighted by atomic mass is 9.97. The Bertz CT molecular complexity index is 911. The average Bonchev–Trinajstić information content (AvgIpc) is 2.60. The number of Topliss-reactive ketones (excluding diaryl/α,β-unsaturated/α-hetero) is 1. The molecule has 130 valence electrons. The van der Waals surface area contributed by atoms with Crippen LogP contribution in [-0.4, -0.2) is 21.6 Å². The van der Waals surface area contributed by atoms with E-state index in [0.717, 1.165) is 4.57 Å². The molecule has 1 aromatic heterocycles. The van der Waals surface area contributed by atoms with Gasteiger partial charge < -0.3 is 9.84 Å². The highest BCUT2D eigenvalue weighted by molar-refractivity contribution is 6.03. The summed E-state index contributed by atoms with van der Waals surface area (Å²) in [5.74, 6) is -1.22. The highest BCUT2D eigenvalue weighted by atomic mass is 19.1. The van der Waals surface area contributed by atoms with Gasteiger partial charge in [-0.1, -0.05) is 6.92 Å². The van der Waals surface area contributed by atoms with E-state index in [1.807, 2.05) is 0 Å². The first-order valence-corrected chi connectivity index (χ1v) is 7.60. The molecule has 1 atom stereocenters. The van der Waals surface area contributed by atoms with Crippen molar-refractivity contribution >= 4 is 5.78 Å². The summed E-state index contributed by atoms with van der Waals surface area (Å²) in [4.78, 5) is 24.8. The van der Waals surface area contributed by atoms with Crippen molar-refractivity contribution in [3.05, 3.63) is 57.1 Å². The van der Waals surface area contributed by atoms with Crippen molar-refractivity contribution in [3.63, 3.8) is 0 Å². The number of carbonyl (C=O) groups excluding carboxylic acids is 1. The molecule has 0 spiro atoms. The van der Waals surface area contributed by atoms with Crippen LogP contribution in [0.5, 0.6) is 11.6 Å². The predicted octanol–water partition coefficient (Wildman–Crippen LogP) is 2.45. The van der Waals surface area contributed by atoms with Crippen molar-refractivity contribution < 1.29 is 19.0 Å². The number of aromatic hydroxyl groups is 1. The van der Waals surface area contributed by atoms with Crippen LogP contribution in [-0.2, 0) is 7.05 Å². The van der Waals surface area contributed by atoms with Crippen molar-refractivity contribution in [2.24, 2.45) is 7.05 Å². The Morgan fingerprint density at radius 3 is 2.52 bits per heavy atom. The second-order valence-electron chi connectivity index (χ2n) is 5.51. The molecular formula is C18H17FN2O4. The van der Waals surface area contributed by atoms with Gasteiger partial charge in [0.1, 0.15) is 23.2 Å². The van der Waals surface area contributed by atoms with E-state index in [1.54, 1.807) is 13.0 Å². The summed E-state index contributed by atoms with van der Waals surface area (Å²) in [6.45, 7) is 3.14. The van der Waals surface area contributed by atoms with E-state index < -0.39 is 29.1 Å². The lowest BCUT2D eigenvalue weighted by Crippen LogP contribution is -2.31. The number of nitriles is 1. The first-order valence-electron chi connectivity index (χ1n) is 7.60. The molecule has 0 fully saturated rings. The van der Waals surface area contributed by atoms with Crippen molar-refractivity contribution in [1.29, 1.82) is 5.26 Å². The number of pyridine rings is 1. The number of hydrogen-bond acceptors (Lipinski definition) is 5. The summed E-state index contributed by atoms with van der Waals surface area (Å²) in [7, 11) is 1.27. The van der Waals surface area contributed by atoms with Gasteiger partial charge in [0.25, 0.3) is 5.56 Å². The Morgan fingerprint density at radius 1 is 1.40 bits per heavy atom. The minimum Gasteiger partial charge on any atom is -0.494 e. The summed E-state index contributed by atoms with van der Waals surface area (Å²) in [6, 6.07) is 6.94. The lowest BCUT2D eigenvalue weighted by Gasteiger charge is -2.19. The van der Waals surface area contributed by atoms with E-state index in [9.17, 15) is 19.1 Å². The van der Waals surface area contributed by atoms with E-state index >= 15 is 0 Å². The van der Waals surface area contributed by atoms with Crippen molar-refractivity contribution in [2.45, 2.75) is 26.4 Å². The van der Waals surface area contributed by atoms with Gasteiger partial charge in [-0.2, -0.15) is 5.26 Å². The molecule has 1 aromatic carbocycles. The molecule has 6 nitrogen and oxygen atoms in total. The van der Waals surface area contributed by atoms with Gasteiger partial charge in [0, 0.05) is 7.05 Å². The van der Waals surface area contributed by atoms with Gasteiger partial charge in [-0.05, 0) is 43.2 Å². The summed E-state index contributed by atoms with van der Waals surface area (Å²) in [5.41, 5.74) is -0.913. The molecule has 1 heterocycles. The number of benzene rings is 1. The van der Waals surface area contributed by atoms with Gasteiger partial charge in [0.15, 0.2) is 6.10 Å². The van der Waals surface area contributed by atoms with Gasteiger partial charge in [-0.3, -0.25) is 14.2 Å². The molecule has 0 saturated heterocycles. The van der Waals surface area contributed by atoms with Crippen LogP contribution < -0.4 is 10.3 Å². The molecule has 25 heavy (non-hydrogen) atoms. The maximum Gasteiger partial charge on any atom is 0.271 e. The monoisotopic (exact) mass is 344 g/mol. The predicted molar refractivity (Wildman–Crippen MR) is 88.2 cm³/mol. The first-order chi connectivity index (χ1) is 11.8. The molecular weight excluding hydrogens is 327 g/mol. The molecule has 0 bridgehead atoms. The molecule has 0 saturated carbocycles. The molecule has 2 rings (SSSR count). The Morgan fingerprint density at radius 2 is 2.00 bits per heavy atom. The van der Waals surface area contributed by atoms with Gasteiger partial charge in [0.2, 0.25) is 11.7 Å². The van der Waals surface area contributed by atoms with Crippen LogP contribution in [0.15, 0.2) is 29.1 Å². The summed E-state index contributed by atoms with van der Waals surface area (Å²) in [5, 5.41) is 19.4. The third-order valence-electron chi connectivity index (χ3n) is 3.92. The van der Waals surface area contributed by atoms with Crippen LogP contribution in [0.2, 0.25) is 0 Å². The number of ether oxygens (including phenoxy) is 1. The number of nitrogens with zero attached hydrogens (tertiary/aromatic N) is 2. The zero-order valence-electron chi connectivity index (χ0n) is 14.0. The fourth-order valence-electron chi connectivity index (χ4n) is 2.47. The number of aromatic nitrogens is 1. The van der Waals surface area contributed by atoms with Crippen LogP contribution in [0.4, 0.5) is 4.39 Å². The minimum absolute atomic E-state index is 0.106. The fourth-order valence-corrected chi connectivity index (χ4v) is 2.47. The number of ketones is 1. The summed E-state index contributed by atoms with van der Waals surface area (Å²) < 4.78 is 19.4. The standard InChI is InChI=1S/C18H17FN2O4/c1-4-14(25-12-7-5-11(19)6-8-12)16(22)15-10(2)13(9-20)17(23)21(3)18(15)24/h5-8,14,24H,4H2,1-3H3. The van der Waals surface area contributed by atoms with Gasteiger partial charge in [0.05, 0.1) is 5.56 Å². The highest BCUT2D eigenvalue weighted by Gasteiger charge is 2.28. The van der Waals surface area contributed by atoms with Crippen LogP contribution in [0, 0.1) is 24.1 Å². The summed E-state index contributed by atoms with van der Waals surface area (Å²) >= 11 is 0. The molecule has 0 amide bonds. The van der Waals surface area contributed by atoms with Gasteiger partial charge in [-0.15, -0.1) is 0 Å². The number of halogens is 1. The topological polar surface area (TPSA) is 92.3 Å². The molecule has 0 aliphatic rings. The molecule has 0 radical (unpaired) electrons. The minimum atomic E-state index is -0.959. The van der Waals surface area contributed by atoms with Crippen molar-refractivity contribution in [3.8, 4) is 17.7 Å². The largest absolute Gasteiger partial charge is 0.494 e. The molecule has 1 N–H and O–H groups in total. The van der Waals surface area contributed by atoms with Crippen LogP contribution in [0.25, 0.3) is 0 Å². The van der Waals surface area contributed by atoms with Crippen LogP contribution in [0.1, 0.15) is 34.8 Å². The molecule has 0 aliphatic heterocycles. The normalized spacial score (nSPS) is 11.6. The maximum absolute atomic E-state index is 13.0. The molecule has 0 aliphatic carbocycles. The van der Waals surface area contributed by atoms with Crippen molar-refractivity contribution in [1.82, 2.24) is 4.57 Å². The zero-order valence-corrected chi connectivity index (χ0v) is 14.0. The quantitative estimate of drug-likeness (QED) is 0.841. The Balaban J connectivity index is 2.48. The second kappa shape index (κ2) is 7.18. The average molecular weight is 344 g/mol. The second-order valence-corrected chi connectivity index (χ2v) is 5.51. The smallest absolute Gasteiger partial charge is 0.271 e. The SMILES string of the molecule is CCC(Oc1ccc(F)cc1)C(=O)c1c(C)c(C#N)c(=O)n(C)c1O. The Labute approximate surface area is 143 Å². The number of carbonyl (C=O) groups is 1. The number of hydrogen-bond donors (Lipinski definition) is 1.